The summed E-state index contributed by atoms with van der Waals surface area (Å²) in [6.07, 6.45) is 2.27. The molecule has 1 aromatic rings. The number of nitrogens with two attached hydrogens (primary N) is 1. The van der Waals surface area contributed by atoms with Gasteiger partial charge in [0.1, 0.15) is 10.8 Å². The zero-order valence-electron chi connectivity index (χ0n) is 10.1. The van der Waals surface area contributed by atoms with Gasteiger partial charge in [0.25, 0.3) is 0 Å². The molecule has 0 unspecified atom stereocenters. The smallest absolute Gasteiger partial charge is 0.136 e. The summed E-state index contributed by atoms with van der Waals surface area (Å²) in [6.45, 7) is 7.04. The minimum absolute atomic E-state index is 0.406. The van der Waals surface area contributed by atoms with Crippen LogP contribution < -0.4 is 11.1 Å². The van der Waals surface area contributed by atoms with E-state index in [1.165, 1.54) is 0 Å². The van der Waals surface area contributed by atoms with Gasteiger partial charge in [0.2, 0.25) is 0 Å². The van der Waals surface area contributed by atoms with Crippen LogP contribution in [0.3, 0.4) is 0 Å². The number of pyridine rings is 1. The van der Waals surface area contributed by atoms with Crippen molar-refractivity contribution in [1.82, 2.24) is 4.98 Å². The number of nitrogens with zero attached hydrogens (tertiary/aromatic N) is 1. The maximum atomic E-state index is 5.72. The molecule has 0 radical (unpaired) electrons. The molecule has 4 heteroatoms. The Hall–Kier alpha value is -1.16. The molecule has 0 bridgehead atoms. The Kier molecular flexibility index (Phi) is 4.68. The lowest BCUT2D eigenvalue weighted by Gasteiger charge is -2.13. The molecule has 0 atom stereocenters. The summed E-state index contributed by atoms with van der Waals surface area (Å²) < 4.78 is 0. The first-order chi connectivity index (χ1) is 7.56. The molecule has 1 heterocycles. The summed E-state index contributed by atoms with van der Waals surface area (Å²) in [5.41, 5.74) is 8.66. The highest BCUT2D eigenvalue weighted by atomic mass is 32.1. The van der Waals surface area contributed by atoms with Crippen LogP contribution in [0.4, 0.5) is 5.82 Å². The molecule has 0 saturated carbocycles. The minimum Gasteiger partial charge on any atom is -0.389 e. The Morgan fingerprint density at radius 3 is 2.75 bits per heavy atom. The third-order valence-electron chi connectivity index (χ3n) is 2.41. The molecule has 0 amide bonds. The molecular weight excluding hydrogens is 218 g/mol. The van der Waals surface area contributed by atoms with Crippen LogP contribution in [0.2, 0.25) is 0 Å². The Labute approximate surface area is 102 Å². The van der Waals surface area contributed by atoms with E-state index in [0.717, 1.165) is 42.0 Å². The van der Waals surface area contributed by atoms with Gasteiger partial charge >= 0.3 is 0 Å². The number of unbranched alkanes of at least 4 members (excludes halogenated alkanes) is 1. The fourth-order valence-corrected chi connectivity index (χ4v) is 1.92. The van der Waals surface area contributed by atoms with Gasteiger partial charge in [-0.1, -0.05) is 25.6 Å². The zero-order chi connectivity index (χ0) is 12.1. The van der Waals surface area contributed by atoms with E-state index in [0.29, 0.717) is 4.99 Å². The number of thiocarbonyl (C=S) groups is 1. The van der Waals surface area contributed by atoms with Crippen molar-refractivity contribution < 1.29 is 0 Å². The lowest BCUT2D eigenvalue weighted by Crippen LogP contribution is -2.17. The maximum absolute atomic E-state index is 5.72. The average molecular weight is 237 g/mol. The highest BCUT2D eigenvalue weighted by Gasteiger charge is 2.10. The SMILES string of the molecule is CCCCNc1nc(C)cc(C)c1C(N)=S. The van der Waals surface area contributed by atoms with Gasteiger partial charge in [0.15, 0.2) is 0 Å². The van der Waals surface area contributed by atoms with Crippen LogP contribution in [0.25, 0.3) is 0 Å². The van der Waals surface area contributed by atoms with Crippen molar-refractivity contribution in [2.75, 3.05) is 11.9 Å². The van der Waals surface area contributed by atoms with Crippen LogP contribution >= 0.6 is 12.2 Å². The van der Waals surface area contributed by atoms with Crippen molar-refractivity contribution >= 4 is 23.0 Å². The number of hydrogen-bond acceptors (Lipinski definition) is 3. The van der Waals surface area contributed by atoms with Crippen molar-refractivity contribution in [3.8, 4) is 0 Å². The zero-order valence-corrected chi connectivity index (χ0v) is 10.9. The van der Waals surface area contributed by atoms with Crippen LogP contribution in [-0.4, -0.2) is 16.5 Å². The molecular formula is C12H19N3S. The molecule has 16 heavy (non-hydrogen) atoms. The van der Waals surface area contributed by atoms with Crippen molar-refractivity contribution in [3.05, 3.63) is 22.9 Å². The second-order valence-corrected chi connectivity index (χ2v) is 4.39. The van der Waals surface area contributed by atoms with E-state index in [9.17, 15) is 0 Å². The van der Waals surface area contributed by atoms with Crippen LogP contribution in [0.15, 0.2) is 6.07 Å². The number of anilines is 1. The first kappa shape index (κ1) is 12.9. The predicted octanol–water partition coefficient (Wildman–Crippen LogP) is 2.54. The van der Waals surface area contributed by atoms with Gasteiger partial charge < -0.3 is 11.1 Å². The van der Waals surface area contributed by atoms with Gasteiger partial charge in [0, 0.05) is 12.2 Å². The molecule has 0 saturated heterocycles. The first-order valence-corrected chi connectivity index (χ1v) is 5.99. The van der Waals surface area contributed by atoms with Crippen molar-refractivity contribution in [1.29, 1.82) is 0 Å². The van der Waals surface area contributed by atoms with Gasteiger partial charge in [-0.05, 0) is 31.9 Å². The molecule has 0 aliphatic rings. The van der Waals surface area contributed by atoms with E-state index in [2.05, 4.69) is 17.2 Å². The van der Waals surface area contributed by atoms with Crippen LogP contribution in [0.5, 0.6) is 0 Å². The summed E-state index contributed by atoms with van der Waals surface area (Å²) in [7, 11) is 0. The molecule has 0 spiro atoms. The number of hydrogen-bond donors (Lipinski definition) is 2. The summed E-state index contributed by atoms with van der Waals surface area (Å²) in [5, 5.41) is 3.30. The number of nitrogens with one attached hydrogen (secondary N) is 1. The fraction of sp³-hybridized carbons (Fsp3) is 0.500. The number of aromatic nitrogens is 1. The molecule has 3 N–H and O–H groups in total. The Morgan fingerprint density at radius 2 is 2.19 bits per heavy atom. The third-order valence-corrected chi connectivity index (χ3v) is 2.62. The topological polar surface area (TPSA) is 50.9 Å². The molecule has 1 rings (SSSR count). The normalized spacial score (nSPS) is 10.2. The Bertz CT molecular complexity index is 388. The van der Waals surface area contributed by atoms with E-state index < -0.39 is 0 Å². The van der Waals surface area contributed by atoms with Crippen LogP contribution in [0, 0.1) is 13.8 Å². The van der Waals surface area contributed by atoms with E-state index in [1.807, 2.05) is 19.9 Å². The van der Waals surface area contributed by atoms with Crippen LogP contribution in [-0.2, 0) is 0 Å². The average Bonchev–Trinajstić information content (AvgIpc) is 2.16. The molecule has 88 valence electrons. The highest BCUT2D eigenvalue weighted by molar-refractivity contribution is 7.80. The molecule has 1 aromatic heterocycles. The monoisotopic (exact) mass is 237 g/mol. The molecule has 0 aliphatic heterocycles. The van der Waals surface area contributed by atoms with Gasteiger partial charge in [0.05, 0.1) is 5.56 Å². The van der Waals surface area contributed by atoms with Gasteiger partial charge in [-0.2, -0.15) is 0 Å². The highest BCUT2D eigenvalue weighted by Crippen LogP contribution is 2.18. The largest absolute Gasteiger partial charge is 0.389 e. The second kappa shape index (κ2) is 5.80. The van der Waals surface area contributed by atoms with Crippen molar-refractivity contribution in [2.45, 2.75) is 33.6 Å². The lowest BCUT2D eigenvalue weighted by atomic mass is 10.1. The fourth-order valence-electron chi connectivity index (χ4n) is 1.66. The quantitative estimate of drug-likeness (QED) is 0.610. The minimum atomic E-state index is 0.406. The first-order valence-electron chi connectivity index (χ1n) is 5.58. The summed E-state index contributed by atoms with van der Waals surface area (Å²) in [5.74, 6) is 0.818. The summed E-state index contributed by atoms with van der Waals surface area (Å²) in [4.78, 5) is 4.85. The van der Waals surface area contributed by atoms with Crippen LogP contribution in [0.1, 0.15) is 36.6 Å². The second-order valence-electron chi connectivity index (χ2n) is 3.95. The Morgan fingerprint density at radius 1 is 1.50 bits per heavy atom. The van der Waals surface area contributed by atoms with Gasteiger partial charge in [-0.15, -0.1) is 0 Å². The van der Waals surface area contributed by atoms with E-state index in [4.69, 9.17) is 18.0 Å². The lowest BCUT2D eigenvalue weighted by molar-refractivity contribution is 0.830. The van der Waals surface area contributed by atoms with E-state index in [1.54, 1.807) is 0 Å². The third kappa shape index (κ3) is 3.17. The predicted molar refractivity (Wildman–Crippen MR) is 73.0 cm³/mol. The van der Waals surface area contributed by atoms with Crippen molar-refractivity contribution in [3.63, 3.8) is 0 Å². The Balaban J connectivity index is 2.99. The number of rotatable bonds is 5. The van der Waals surface area contributed by atoms with Gasteiger partial charge in [-0.3, -0.25) is 0 Å². The van der Waals surface area contributed by atoms with Crippen molar-refractivity contribution in [2.24, 2.45) is 5.73 Å². The molecule has 3 nitrogen and oxygen atoms in total. The summed E-state index contributed by atoms with van der Waals surface area (Å²) in [6, 6.07) is 2.00. The number of aryl methyl sites for hydroxylation is 2. The molecule has 0 aliphatic carbocycles. The van der Waals surface area contributed by atoms with Gasteiger partial charge in [-0.25, -0.2) is 4.98 Å². The molecule has 0 aromatic carbocycles. The molecule has 0 fully saturated rings. The van der Waals surface area contributed by atoms with E-state index in [-0.39, 0.29) is 0 Å². The van der Waals surface area contributed by atoms with E-state index >= 15 is 0 Å². The maximum Gasteiger partial charge on any atom is 0.136 e. The summed E-state index contributed by atoms with van der Waals surface area (Å²) >= 11 is 5.06. The standard InChI is InChI=1S/C12H19N3S/c1-4-5-6-14-12-10(11(13)16)8(2)7-9(3)15-12/h7H,4-6H2,1-3H3,(H2,13,16)(H,14,15).